The number of amides is 4. The number of benzene rings is 3. The van der Waals surface area contributed by atoms with Gasteiger partial charge in [-0.3, -0.25) is 14.5 Å². The van der Waals surface area contributed by atoms with Crippen molar-refractivity contribution in [3.8, 4) is 0 Å². The summed E-state index contributed by atoms with van der Waals surface area (Å²) in [5, 5.41) is 5.56. The Hall–Kier alpha value is -4.13. The molecular formula is C24H22N4O3. The van der Waals surface area contributed by atoms with Gasteiger partial charge in [-0.25, -0.2) is 4.79 Å². The van der Waals surface area contributed by atoms with Crippen LogP contribution in [0.3, 0.4) is 0 Å². The van der Waals surface area contributed by atoms with Crippen molar-refractivity contribution in [3.05, 3.63) is 95.6 Å². The molecule has 31 heavy (non-hydrogen) atoms. The molecule has 4 amide bonds. The summed E-state index contributed by atoms with van der Waals surface area (Å²) in [5.74, 6) is -0.549. The van der Waals surface area contributed by atoms with E-state index in [2.05, 4.69) is 10.6 Å². The molecule has 1 fully saturated rings. The number of anilines is 2. The van der Waals surface area contributed by atoms with Gasteiger partial charge in [0.1, 0.15) is 6.04 Å². The second-order valence-corrected chi connectivity index (χ2v) is 7.39. The lowest BCUT2D eigenvalue weighted by molar-refractivity contribution is -0.127. The average Bonchev–Trinajstić information content (AvgIpc) is 3.03. The van der Waals surface area contributed by atoms with Gasteiger partial charge in [0.05, 0.1) is 6.54 Å². The first kappa shape index (κ1) is 20.2. The van der Waals surface area contributed by atoms with Crippen LogP contribution in [0, 0.1) is 0 Å². The summed E-state index contributed by atoms with van der Waals surface area (Å²) < 4.78 is 0. The molecule has 1 aliphatic heterocycles. The Kier molecular flexibility index (Phi) is 5.66. The highest BCUT2D eigenvalue weighted by Gasteiger charge is 2.37. The number of nitrogen functional groups attached to an aromatic ring is 1. The molecule has 4 rings (SSSR count). The van der Waals surface area contributed by atoms with Gasteiger partial charge in [0, 0.05) is 23.4 Å². The predicted octanol–water partition coefficient (Wildman–Crippen LogP) is 3.18. The van der Waals surface area contributed by atoms with Crippen molar-refractivity contribution in [1.82, 2.24) is 10.2 Å². The molecule has 0 spiro atoms. The minimum absolute atomic E-state index is 0.0926. The normalized spacial score (nSPS) is 15.6. The van der Waals surface area contributed by atoms with Crippen LogP contribution in [0.25, 0.3) is 0 Å². The van der Waals surface area contributed by atoms with E-state index in [1.165, 1.54) is 4.90 Å². The topological polar surface area (TPSA) is 105 Å². The number of carbonyl (C=O) groups is 3. The van der Waals surface area contributed by atoms with Crippen LogP contribution in [0.1, 0.15) is 21.5 Å². The molecule has 1 heterocycles. The van der Waals surface area contributed by atoms with Crippen LogP contribution in [0.4, 0.5) is 16.2 Å². The molecule has 156 valence electrons. The van der Waals surface area contributed by atoms with Crippen LogP contribution in [0.15, 0.2) is 78.9 Å². The molecule has 0 aromatic heterocycles. The van der Waals surface area contributed by atoms with E-state index in [9.17, 15) is 14.4 Å². The van der Waals surface area contributed by atoms with Gasteiger partial charge in [0.15, 0.2) is 0 Å². The van der Waals surface area contributed by atoms with Crippen LogP contribution < -0.4 is 16.4 Å². The average molecular weight is 414 g/mol. The Balaban J connectivity index is 1.43. The first-order valence-corrected chi connectivity index (χ1v) is 9.91. The maximum atomic E-state index is 12.8. The molecule has 1 atom stereocenters. The number of imide groups is 1. The van der Waals surface area contributed by atoms with Gasteiger partial charge in [0.2, 0.25) is 0 Å². The monoisotopic (exact) mass is 414 g/mol. The number of rotatable bonds is 6. The number of nitrogens with zero attached hydrogens (tertiary/aromatic N) is 1. The second kappa shape index (κ2) is 8.71. The van der Waals surface area contributed by atoms with E-state index in [0.29, 0.717) is 28.9 Å². The molecule has 1 unspecified atom stereocenters. The lowest BCUT2D eigenvalue weighted by Gasteiger charge is -2.14. The van der Waals surface area contributed by atoms with Crippen molar-refractivity contribution < 1.29 is 14.4 Å². The highest BCUT2D eigenvalue weighted by molar-refractivity contribution is 6.05. The third-order valence-electron chi connectivity index (χ3n) is 5.09. The van der Waals surface area contributed by atoms with Gasteiger partial charge in [-0.05, 0) is 47.5 Å². The largest absolute Gasteiger partial charge is 0.399 e. The summed E-state index contributed by atoms with van der Waals surface area (Å²) in [6, 6.07) is 22.2. The van der Waals surface area contributed by atoms with E-state index < -0.39 is 12.1 Å². The van der Waals surface area contributed by atoms with Crippen LogP contribution >= 0.6 is 0 Å². The first-order chi connectivity index (χ1) is 15.0. The summed E-state index contributed by atoms with van der Waals surface area (Å²) in [6.45, 7) is 0.0926. The van der Waals surface area contributed by atoms with Crippen LogP contribution in [-0.4, -0.2) is 28.8 Å². The first-order valence-electron chi connectivity index (χ1n) is 9.91. The maximum Gasteiger partial charge on any atom is 0.325 e. The standard InChI is InChI=1S/C24H22N4O3/c25-19-11-9-16(10-12-19)14-21-23(30)28(24(31)27-21)15-17-5-4-6-18(13-17)22(29)26-20-7-2-1-3-8-20/h1-13,21H,14-15,25H2,(H,26,29)(H,27,31). The van der Waals surface area contributed by atoms with Crippen molar-refractivity contribution in [2.45, 2.75) is 19.0 Å². The van der Waals surface area contributed by atoms with Crippen LogP contribution in [-0.2, 0) is 17.8 Å². The molecule has 0 bridgehead atoms. The van der Waals surface area contributed by atoms with Crippen molar-refractivity contribution in [3.63, 3.8) is 0 Å². The van der Waals surface area contributed by atoms with E-state index in [1.807, 2.05) is 30.3 Å². The molecule has 7 nitrogen and oxygen atoms in total. The third-order valence-corrected chi connectivity index (χ3v) is 5.09. The highest BCUT2D eigenvalue weighted by atomic mass is 16.2. The molecule has 0 radical (unpaired) electrons. The lowest BCUT2D eigenvalue weighted by Crippen LogP contribution is -2.32. The van der Waals surface area contributed by atoms with Gasteiger partial charge in [-0.1, -0.05) is 42.5 Å². The van der Waals surface area contributed by atoms with Gasteiger partial charge in [-0.2, -0.15) is 0 Å². The number of hydrogen-bond acceptors (Lipinski definition) is 4. The fraction of sp³-hybridized carbons (Fsp3) is 0.125. The minimum Gasteiger partial charge on any atom is -0.399 e. The smallest absolute Gasteiger partial charge is 0.325 e. The van der Waals surface area contributed by atoms with Crippen molar-refractivity contribution >= 4 is 29.2 Å². The van der Waals surface area contributed by atoms with Crippen molar-refractivity contribution in [2.24, 2.45) is 0 Å². The summed E-state index contributed by atoms with van der Waals surface area (Å²) in [4.78, 5) is 38.9. The summed E-state index contributed by atoms with van der Waals surface area (Å²) >= 11 is 0. The Morgan fingerprint density at radius 1 is 0.935 bits per heavy atom. The Morgan fingerprint density at radius 2 is 1.68 bits per heavy atom. The molecule has 1 aliphatic rings. The van der Waals surface area contributed by atoms with E-state index in [-0.39, 0.29) is 18.4 Å². The molecule has 7 heteroatoms. The van der Waals surface area contributed by atoms with Gasteiger partial charge in [0.25, 0.3) is 11.8 Å². The Morgan fingerprint density at radius 3 is 2.42 bits per heavy atom. The van der Waals surface area contributed by atoms with Gasteiger partial charge in [-0.15, -0.1) is 0 Å². The third kappa shape index (κ3) is 4.72. The zero-order valence-electron chi connectivity index (χ0n) is 16.7. The number of nitrogens with one attached hydrogen (secondary N) is 2. The summed E-state index contributed by atoms with van der Waals surface area (Å²) in [7, 11) is 0. The van der Waals surface area contributed by atoms with Crippen LogP contribution in [0.2, 0.25) is 0 Å². The van der Waals surface area contributed by atoms with E-state index in [1.54, 1.807) is 48.5 Å². The Bertz CT molecular complexity index is 1110. The molecule has 3 aromatic carbocycles. The fourth-order valence-electron chi connectivity index (χ4n) is 3.47. The number of hydrogen-bond donors (Lipinski definition) is 3. The predicted molar refractivity (Wildman–Crippen MR) is 118 cm³/mol. The molecule has 4 N–H and O–H groups in total. The number of urea groups is 1. The second-order valence-electron chi connectivity index (χ2n) is 7.39. The van der Waals surface area contributed by atoms with E-state index >= 15 is 0 Å². The highest BCUT2D eigenvalue weighted by Crippen LogP contribution is 2.18. The fourth-order valence-corrected chi connectivity index (χ4v) is 3.47. The lowest BCUT2D eigenvalue weighted by atomic mass is 10.1. The summed E-state index contributed by atoms with van der Waals surface area (Å²) in [5.41, 5.74) is 9.08. The Labute approximate surface area is 179 Å². The quantitative estimate of drug-likeness (QED) is 0.426. The number of para-hydroxylation sites is 1. The van der Waals surface area contributed by atoms with E-state index in [4.69, 9.17) is 5.73 Å². The zero-order valence-corrected chi connectivity index (χ0v) is 16.7. The van der Waals surface area contributed by atoms with Crippen molar-refractivity contribution in [2.75, 3.05) is 11.1 Å². The molecule has 1 saturated heterocycles. The van der Waals surface area contributed by atoms with Gasteiger partial charge >= 0.3 is 6.03 Å². The van der Waals surface area contributed by atoms with Crippen molar-refractivity contribution in [1.29, 1.82) is 0 Å². The van der Waals surface area contributed by atoms with E-state index in [0.717, 1.165) is 5.56 Å². The number of nitrogens with two attached hydrogens (primary N) is 1. The SMILES string of the molecule is Nc1ccc(CC2NC(=O)N(Cc3cccc(C(=O)Nc4ccccc4)c3)C2=O)cc1. The summed E-state index contributed by atoms with van der Waals surface area (Å²) in [6.07, 6.45) is 0.390. The number of carbonyl (C=O) groups excluding carboxylic acids is 3. The van der Waals surface area contributed by atoms with Crippen LogP contribution in [0.5, 0.6) is 0 Å². The molecule has 3 aromatic rings. The zero-order chi connectivity index (χ0) is 21.8. The molecule has 0 aliphatic carbocycles. The van der Waals surface area contributed by atoms with Gasteiger partial charge < -0.3 is 16.4 Å². The molecular weight excluding hydrogens is 392 g/mol. The maximum absolute atomic E-state index is 12.8. The minimum atomic E-state index is -0.624. The molecule has 0 saturated carbocycles.